The number of thioether (sulfide) groups is 1. The summed E-state index contributed by atoms with van der Waals surface area (Å²) in [5.41, 5.74) is 4.50. The van der Waals surface area contributed by atoms with E-state index in [0.29, 0.717) is 6.54 Å². The van der Waals surface area contributed by atoms with Gasteiger partial charge in [0.25, 0.3) is 5.91 Å². The average Bonchev–Trinajstić information content (AvgIpc) is 2.70. The first-order valence-electron chi connectivity index (χ1n) is 9.05. The van der Waals surface area contributed by atoms with Crippen molar-refractivity contribution >= 4 is 23.4 Å². The van der Waals surface area contributed by atoms with Crippen molar-refractivity contribution in [3.05, 3.63) is 95.6 Å². The molecule has 0 aliphatic carbocycles. The number of aryl methyl sites for hydroxylation is 1. The largest absolute Gasteiger partial charge is 0.328 e. The molecule has 3 nitrogen and oxygen atoms in total. The Morgan fingerprint density at radius 3 is 2.26 bits per heavy atom. The van der Waals surface area contributed by atoms with Crippen LogP contribution in [0.4, 0.5) is 5.69 Å². The fourth-order valence-electron chi connectivity index (χ4n) is 3.07. The molecule has 0 bridgehead atoms. The Balaban J connectivity index is 1.73. The molecule has 4 heteroatoms. The minimum absolute atomic E-state index is 0.00421. The lowest BCUT2D eigenvalue weighted by molar-refractivity contribution is -0.676. The molecule has 0 saturated heterocycles. The molecule has 0 fully saturated rings. The molecule has 27 heavy (non-hydrogen) atoms. The molecule has 138 valence electrons. The van der Waals surface area contributed by atoms with Gasteiger partial charge in [0.2, 0.25) is 0 Å². The van der Waals surface area contributed by atoms with Crippen molar-refractivity contribution < 1.29 is 10.1 Å². The summed E-state index contributed by atoms with van der Waals surface area (Å²) < 4.78 is 0. The standard InChI is InChI=1S/C23H24N2OS/c1-17-12-14-19(15-13-17)23(18-8-4-3-5-9-18)24-16-22(26)25-20-10-6-7-11-21(20)27-2/h3-15,23-24H,16H2,1-2H3,(H,25,26)/p+1/t23-/m1/s1. The van der Waals surface area contributed by atoms with Gasteiger partial charge in [-0.2, -0.15) is 0 Å². The molecule has 3 rings (SSSR count). The molecule has 0 spiro atoms. The number of nitrogens with two attached hydrogens (primary N) is 1. The van der Waals surface area contributed by atoms with Crippen molar-refractivity contribution in [2.24, 2.45) is 0 Å². The quantitative estimate of drug-likeness (QED) is 0.611. The van der Waals surface area contributed by atoms with Gasteiger partial charge in [-0.15, -0.1) is 11.8 Å². The number of benzene rings is 3. The second kappa shape index (κ2) is 9.40. The van der Waals surface area contributed by atoms with Crippen molar-refractivity contribution in [3.63, 3.8) is 0 Å². The van der Waals surface area contributed by atoms with E-state index in [9.17, 15) is 4.79 Å². The van der Waals surface area contributed by atoms with Gasteiger partial charge in [-0.05, 0) is 25.3 Å². The van der Waals surface area contributed by atoms with Crippen LogP contribution >= 0.6 is 11.8 Å². The highest BCUT2D eigenvalue weighted by Gasteiger charge is 2.19. The fraction of sp³-hybridized carbons (Fsp3) is 0.174. The van der Waals surface area contributed by atoms with E-state index < -0.39 is 0 Å². The van der Waals surface area contributed by atoms with Crippen LogP contribution in [-0.4, -0.2) is 18.7 Å². The van der Waals surface area contributed by atoms with Crippen LogP contribution in [0.25, 0.3) is 0 Å². The lowest BCUT2D eigenvalue weighted by atomic mass is 9.98. The van der Waals surface area contributed by atoms with E-state index in [2.05, 4.69) is 54.0 Å². The van der Waals surface area contributed by atoms with Gasteiger partial charge in [0.05, 0.1) is 5.69 Å². The van der Waals surface area contributed by atoms with Gasteiger partial charge < -0.3 is 10.6 Å². The first-order chi connectivity index (χ1) is 13.2. The number of hydrogen-bond acceptors (Lipinski definition) is 2. The van der Waals surface area contributed by atoms with Crippen molar-refractivity contribution in [2.45, 2.75) is 17.9 Å². The number of carbonyl (C=O) groups excluding carboxylic acids is 1. The number of nitrogens with one attached hydrogen (secondary N) is 1. The van der Waals surface area contributed by atoms with E-state index in [-0.39, 0.29) is 11.9 Å². The molecular formula is C23H25N2OS+. The zero-order valence-corrected chi connectivity index (χ0v) is 16.5. The molecule has 1 atom stereocenters. The van der Waals surface area contributed by atoms with Crippen molar-refractivity contribution in [1.29, 1.82) is 0 Å². The van der Waals surface area contributed by atoms with Crippen LogP contribution in [0.3, 0.4) is 0 Å². The summed E-state index contributed by atoms with van der Waals surface area (Å²) in [6, 6.07) is 26.8. The van der Waals surface area contributed by atoms with E-state index in [0.717, 1.165) is 10.6 Å². The SMILES string of the molecule is CSc1ccccc1NC(=O)C[NH2+][C@H](c1ccccc1)c1ccc(C)cc1. The molecule has 0 aliphatic rings. The molecule has 3 aromatic carbocycles. The maximum Gasteiger partial charge on any atom is 0.279 e. The van der Waals surface area contributed by atoms with Gasteiger partial charge in [0.1, 0.15) is 6.04 Å². The third-order valence-electron chi connectivity index (χ3n) is 4.52. The second-order valence-electron chi connectivity index (χ2n) is 6.49. The summed E-state index contributed by atoms with van der Waals surface area (Å²) in [6.07, 6.45) is 2.01. The molecular weight excluding hydrogens is 352 g/mol. The van der Waals surface area contributed by atoms with Crippen molar-refractivity contribution in [3.8, 4) is 0 Å². The minimum atomic E-state index is 0.00421. The summed E-state index contributed by atoms with van der Waals surface area (Å²) >= 11 is 1.63. The minimum Gasteiger partial charge on any atom is -0.328 e. The van der Waals surface area contributed by atoms with Gasteiger partial charge in [0.15, 0.2) is 6.54 Å². The first kappa shape index (κ1) is 19.2. The van der Waals surface area contributed by atoms with Gasteiger partial charge in [-0.1, -0.05) is 72.3 Å². The lowest BCUT2D eigenvalue weighted by Gasteiger charge is -2.17. The summed E-state index contributed by atoms with van der Waals surface area (Å²) in [6.45, 7) is 2.44. The maximum atomic E-state index is 12.6. The van der Waals surface area contributed by atoms with Crippen molar-refractivity contribution in [1.82, 2.24) is 0 Å². The van der Waals surface area contributed by atoms with Crippen LogP contribution in [-0.2, 0) is 4.79 Å². The number of carbonyl (C=O) groups is 1. The van der Waals surface area contributed by atoms with Crippen LogP contribution in [0.5, 0.6) is 0 Å². The number of para-hydroxylation sites is 1. The summed E-state index contributed by atoms with van der Waals surface area (Å²) in [4.78, 5) is 13.6. The topological polar surface area (TPSA) is 45.7 Å². The molecule has 0 radical (unpaired) electrons. The van der Waals surface area contributed by atoms with Crippen LogP contribution in [0.1, 0.15) is 22.7 Å². The predicted molar refractivity (Wildman–Crippen MR) is 113 cm³/mol. The maximum absolute atomic E-state index is 12.6. The lowest BCUT2D eigenvalue weighted by Crippen LogP contribution is -2.87. The smallest absolute Gasteiger partial charge is 0.279 e. The number of anilines is 1. The van der Waals surface area contributed by atoms with E-state index >= 15 is 0 Å². The molecule has 0 aromatic heterocycles. The van der Waals surface area contributed by atoms with Crippen LogP contribution in [0.2, 0.25) is 0 Å². The van der Waals surface area contributed by atoms with Gasteiger partial charge >= 0.3 is 0 Å². The van der Waals surface area contributed by atoms with Crippen LogP contribution < -0.4 is 10.6 Å². The van der Waals surface area contributed by atoms with E-state index in [1.54, 1.807) is 11.8 Å². The zero-order valence-electron chi connectivity index (χ0n) is 15.7. The Kier molecular flexibility index (Phi) is 6.69. The number of amides is 1. The highest BCUT2D eigenvalue weighted by molar-refractivity contribution is 7.98. The first-order valence-corrected chi connectivity index (χ1v) is 10.3. The Labute approximate surface area is 165 Å². The van der Waals surface area contributed by atoms with Crippen LogP contribution in [0, 0.1) is 6.92 Å². The third kappa shape index (κ3) is 5.22. The van der Waals surface area contributed by atoms with Gasteiger partial charge in [0, 0.05) is 16.0 Å². The number of quaternary nitrogens is 1. The molecule has 1 amide bonds. The van der Waals surface area contributed by atoms with E-state index in [4.69, 9.17) is 0 Å². The zero-order chi connectivity index (χ0) is 19.1. The average molecular weight is 378 g/mol. The number of rotatable bonds is 7. The summed E-state index contributed by atoms with van der Waals surface area (Å²) in [7, 11) is 0. The fourth-order valence-corrected chi connectivity index (χ4v) is 3.63. The van der Waals surface area contributed by atoms with Crippen molar-refractivity contribution in [2.75, 3.05) is 18.1 Å². The highest BCUT2D eigenvalue weighted by Crippen LogP contribution is 2.24. The Bertz CT molecular complexity index is 878. The normalized spacial score (nSPS) is 11.8. The Morgan fingerprint density at radius 2 is 1.56 bits per heavy atom. The van der Waals surface area contributed by atoms with E-state index in [1.165, 1.54) is 16.7 Å². The number of hydrogen-bond donors (Lipinski definition) is 2. The molecule has 0 unspecified atom stereocenters. The Morgan fingerprint density at radius 1 is 0.926 bits per heavy atom. The summed E-state index contributed by atoms with van der Waals surface area (Å²) in [5.74, 6) is 0.00421. The van der Waals surface area contributed by atoms with E-state index in [1.807, 2.05) is 48.7 Å². The molecule has 0 saturated carbocycles. The monoisotopic (exact) mass is 377 g/mol. The predicted octanol–water partition coefficient (Wildman–Crippen LogP) is 4.01. The third-order valence-corrected chi connectivity index (χ3v) is 5.31. The summed E-state index contributed by atoms with van der Waals surface area (Å²) in [5, 5.41) is 5.13. The van der Waals surface area contributed by atoms with Gasteiger partial charge in [-0.25, -0.2) is 0 Å². The molecule has 0 heterocycles. The van der Waals surface area contributed by atoms with Gasteiger partial charge in [-0.3, -0.25) is 4.79 Å². The van der Waals surface area contributed by atoms with Crippen LogP contribution in [0.15, 0.2) is 83.8 Å². The second-order valence-corrected chi connectivity index (χ2v) is 7.34. The molecule has 3 aromatic rings. The molecule has 0 aliphatic heterocycles. The Hall–Kier alpha value is -2.56. The highest BCUT2D eigenvalue weighted by atomic mass is 32.2. The molecule has 3 N–H and O–H groups in total.